The lowest BCUT2D eigenvalue weighted by atomic mass is 10.0. The highest BCUT2D eigenvalue weighted by Gasteiger charge is 2.39. The zero-order chi connectivity index (χ0) is 11.4. The van der Waals surface area contributed by atoms with Gasteiger partial charge < -0.3 is 10.1 Å². The molecule has 1 aliphatic rings. The molecule has 1 aromatic heterocycles. The van der Waals surface area contributed by atoms with Crippen LogP contribution in [-0.2, 0) is 17.9 Å². The lowest BCUT2D eigenvalue weighted by Crippen LogP contribution is -2.23. The Bertz CT molecular complexity index is 339. The van der Waals surface area contributed by atoms with Crippen LogP contribution in [0.15, 0.2) is 5.38 Å². The molecule has 0 aromatic carbocycles. The standard InChI is InChI=1S/C12H20N2OS.ClH/c1-3-12(4-5-12)9-13-6-10-8-16-11(14-10)7-15-2;/h8,13H,3-7,9H2,1-2H3;1H. The van der Waals surface area contributed by atoms with Crippen LogP contribution < -0.4 is 5.32 Å². The van der Waals surface area contributed by atoms with Crippen LogP contribution in [0.4, 0.5) is 0 Å². The summed E-state index contributed by atoms with van der Waals surface area (Å²) in [6, 6.07) is 0. The van der Waals surface area contributed by atoms with Gasteiger partial charge in [0.15, 0.2) is 0 Å². The van der Waals surface area contributed by atoms with Crippen LogP contribution in [0.25, 0.3) is 0 Å². The molecule has 1 fully saturated rings. The van der Waals surface area contributed by atoms with E-state index in [1.165, 1.54) is 19.3 Å². The third kappa shape index (κ3) is 4.21. The molecule has 17 heavy (non-hydrogen) atoms. The molecule has 3 nitrogen and oxygen atoms in total. The zero-order valence-electron chi connectivity index (χ0n) is 10.5. The zero-order valence-corrected chi connectivity index (χ0v) is 12.1. The van der Waals surface area contributed by atoms with Crippen molar-refractivity contribution >= 4 is 23.7 Å². The van der Waals surface area contributed by atoms with Crippen molar-refractivity contribution in [2.45, 2.75) is 39.3 Å². The first-order chi connectivity index (χ1) is 7.78. The van der Waals surface area contributed by atoms with E-state index >= 15 is 0 Å². The van der Waals surface area contributed by atoms with Crippen LogP contribution in [0.1, 0.15) is 36.9 Å². The quantitative estimate of drug-likeness (QED) is 0.831. The molecule has 1 heterocycles. The van der Waals surface area contributed by atoms with Gasteiger partial charge in [-0.15, -0.1) is 23.7 Å². The molecule has 98 valence electrons. The van der Waals surface area contributed by atoms with Crippen LogP contribution in [-0.4, -0.2) is 18.6 Å². The molecule has 1 N–H and O–H groups in total. The van der Waals surface area contributed by atoms with E-state index in [-0.39, 0.29) is 12.4 Å². The third-order valence-corrected chi connectivity index (χ3v) is 4.25. The van der Waals surface area contributed by atoms with Gasteiger partial charge in [-0.25, -0.2) is 4.98 Å². The number of methoxy groups -OCH3 is 1. The second kappa shape index (κ2) is 6.69. The van der Waals surface area contributed by atoms with E-state index < -0.39 is 0 Å². The molecule has 1 aliphatic carbocycles. The van der Waals surface area contributed by atoms with Gasteiger partial charge in [0.2, 0.25) is 0 Å². The normalized spacial score (nSPS) is 16.6. The molecule has 0 atom stereocenters. The molecule has 0 unspecified atom stereocenters. The van der Waals surface area contributed by atoms with E-state index in [0.717, 1.165) is 23.8 Å². The van der Waals surface area contributed by atoms with E-state index in [9.17, 15) is 0 Å². The smallest absolute Gasteiger partial charge is 0.119 e. The lowest BCUT2D eigenvalue weighted by Gasteiger charge is -2.12. The van der Waals surface area contributed by atoms with Crippen LogP contribution in [0.3, 0.4) is 0 Å². The fraction of sp³-hybridized carbons (Fsp3) is 0.750. The van der Waals surface area contributed by atoms with Gasteiger partial charge in [0.1, 0.15) is 5.01 Å². The molecule has 0 saturated heterocycles. The molecule has 1 saturated carbocycles. The Labute approximate surface area is 113 Å². The third-order valence-electron chi connectivity index (χ3n) is 3.38. The summed E-state index contributed by atoms with van der Waals surface area (Å²) in [5.74, 6) is 0. The van der Waals surface area contributed by atoms with Crippen molar-refractivity contribution in [3.8, 4) is 0 Å². The number of hydrogen-bond donors (Lipinski definition) is 1. The van der Waals surface area contributed by atoms with Crippen molar-refractivity contribution in [2.24, 2.45) is 5.41 Å². The Kier molecular flexibility index (Phi) is 5.86. The first-order valence-corrected chi connectivity index (χ1v) is 6.79. The Morgan fingerprint density at radius 2 is 2.29 bits per heavy atom. The minimum Gasteiger partial charge on any atom is -0.378 e. The summed E-state index contributed by atoms with van der Waals surface area (Å²) in [6.07, 6.45) is 4.08. The van der Waals surface area contributed by atoms with Gasteiger partial charge in [-0.1, -0.05) is 6.92 Å². The summed E-state index contributed by atoms with van der Waals surface area (Å²) in [4.78, 5) is 4.50. The highest BCUT2D eigenvalue weighted by molar-refractivity contribution is 7.09. The monoisotopic (exact) mass is 276 g/mol. The number of hydrogen-bond acceptors (Lipinski definition) is 4. The summed E-state index contributed by atoms with van der Waals surface area (Å²) >= 11 is 1.68. The highest BCUT2D eigenvalue weighted by atomic mass is 35.5. The average Bonchev–Trinajstić information content (AvgIpc) is 2.94. The molecular weight excluding hydrogens is 256 g/mol. The number of ether oxygens (including phenoxy) is 1. The Hall–Kier alpha value is -0.160. The van der Waals surface area contributed by atoms with E-state index in [1.807, 2.05) is 0 Å². The van der Waals surface area contributed by atoms with Crippen molar-refractivity contribution in [1.82, 2.24) is 10.3 Å². The van der Waals surface area contributed by atoms with Gasteiger partial charge in [0.25, 0.3) is 0 Å². The predicted molar refractivity (Wildman–Crippen MR) is 73.7 cm³/mol. The lowest BCUT2D eigenvalue weighted by molar-refractivity contribution is 0.184. The summed E-state index contributed by atoms with van der Waals surface area (Å²) in [7, 11) is 1.71. The predicted octanol–water partition coefficient (Wildman–Crippen LogP) is 2.99. The summed E-state index contributed by atoms with van der Waals surface area (Å²) in [5.41, 5.74) is 1.76. The summed E-state index contributed by atoms with van der Waals surface area (Å²) < 4.78 is 5.05. The maximum Gasteiger partial charge on any atom is 0.119 e. The second-order valence-corrected chi connectivity index (χ2v) is 5.57. The number of nitrogens with zero attached hydrogens (tertiary/aromatic N) is 1. The van der Waals surface area contributed by atoms with Crippen molar-refractivity contribution in [3.63, 3.8) is 0 Å². The molecule has 0 spiro atoms. The Morgan fingerprint density at radius 1 is 1.53 bits per heavy atom. The summed E-state index contributed by atoms with van der Waals surface area (Å²) in [5, 5.41) is 6.70. The maximum atomic E-state index is 5.05. The van der Waals surface area contributed by atoms with Gasteiger partial charge in [-0.2, -0.15) is 0 Å². The van der Waals surface area contributed by atoms with Gasteiger partial charge in [-0.05, 0) is 24.7 Å². The Morgan fingerprint density at radius 3 is 2.88 bits per heavy atom. The van der Waals surface area contributed by atoms with Gasteiger partial charge in [0, 0.05) is 25.6 Å². The van der Waals surface area contributed by atoms with Crippen LogP contribution in [0.2, 0.25) is 0 Å². The first kappa shape index (κ1) is 14.9. The maximum absolute atomic E-state index is 5.05. The first-order valence-electron chi connectivity index (χ1n) is 5.91. The number of aromatic nitrogens is 1. The molecular formula is C12H21ClN2OS. The molecule has 5 heteroatoms. The highest BCUT2D eigenvalue weighted by Crippen LogP contribution is 2.47. The average molecular weight is 277 g/mol. The van der Waals surface area contributed by atoms with Gasteiger partial charge >= 0.3 is 0 Å². The number of thiazole rings is 1. The van der Waals surface area contributed by atoms with Crippen molar-refractivity contribution < 1.29 is 4.74 Å². The molecule has 1 aromatic rings. The number of nitrogens with one attached hydrogen (secondary N) is 1. The topological polar surface area (TPSA) is 34.1 Å². The van der Waals surface area contributed by atoms with Crippen LogP contribution in [0, 0.1) is 5.41 Å². The largest absolute Gasteiger partial charge is 0.378 e. The fourth-order valence-corrected chi connectivity index (χ4v) is 2.67. The number of halogens is 1. The number of rotatable bonds is 7. The fourth-order valence-electron chi connectivity index (χ4n) is 1.91. The molecule has 0 bridgehead atoms. The van der Waals surface area contributed by atoms with Crippen molar-refractivity contribution in [1.29, 1.82) is 0 Å². The van der Waals surface area contributed by atoms with Crippen LogP contribution in [0.5, 0.6) is 0 Å². The van der Waals surface area contributed by atoms with E-state index in [4.69, 9.17) is 4.74 Å². The minimum absolute atomic E-state index is 0. The van der Waals surface area contributed by atoms with Crippen molar-refractivity contribution in [2.75, 3.05) is 13.7 Å². The van der Waals surface area contributed by atoms with Crippen molar-refractivity contribution in [3.05, 3.63) is 16.1 Å². The minimum atomic E-state index is 0. The molecule has 2 rings (SSSR count). The Balaban J connectivity index is 0.00000144. The summed E-state index contributed by atoms with van der Waals surface area (Å²) in [6.45, 7) is 4.94. The van der Waals surface area contributed by atoms with Gasteiger partial charge in [-0.3, -0.25) is 0 Å². The van der Waals surface area contributed by atoms with E-state index in [1.54, 1.807) is 18.4 Å². The SMILES string of the molecule is CCC1(CNCc2csc(COC)n2)CC1.Cl. The molecule has 0 radical (unpaired) electrons. The molecule has 0 amide bonds. The second-order valence-electron chi connectivity index (χ2n) is 4.62. The van der Waals surface area contributed by atoms with Gasteiger partial charge in [0.05, 0.1) is 12.3 Å². The van der Waals surface area contributed by atoms with Crippen LogP contribution >= 0.6 is 23.7 Å². The molecule has 0 aliphatic heterocycles. The van der Waals surface area contributed by atoms with E-state index in [0.29, 0.717) is 12.0 Å². The van der Waals surface area contributed by atoms with E-state index in [2.05, 4.69) is 22.6 Å².